The van der Waals surface area contributed by atoms with Crippen LogP contribution in [0.25, 0.3) is 17.3 Å². The minimum Gasteiger partial charge on any atom is -0.478 e. The number of pyridine rings is 1. The first-order valence-electron chi connectivity index (χ1n) is 8.38. The van der Waals surface area contributed by atoms with E-state index in [-0.39, 0.29) is 11.1 Å². The molecule has 0 atom stereocenters. The van der Waals surface area contributed by atoms with Gasteiger partial charge in [-0.05, 0) is 60.7 Å². The van der Waals surface area contributed by atoms with E-state index >= 15 is 0 Å². The average molecular weight is 401 g/mol. The number of benzene rings is 1. The van der Waals surface area contributed by atoms with Crippen LogP contribution in [0.1, 0.15) is 40.0 Å². The molecule has 5 nitrogen and oxygen atoms in total. The number of aromatic nitrogens is 2. The van der Waals surface area contributed by atoms with Crippen molar-refractivity contribution in [1.82, 2.24) is 9.38 Å². The molecule has 136 valence electrons. The first-order chi connectivity index (χ1) is 12.9. The molecule has 0 saturated carbocycles. The van der Waals surface area contributed by atoms with Crippen LogP contribution in [0.15, 0.2) is 41.3 Å². The van der Waals surface area contributed by atoms with Gasteiger partial charge in [-0.3, -0.25) is 9.20 Å². The van der Waals surface area contributed by atoms with Crippen molar-refractivity contribution in [3.63, 3.8) is 0 Å². The van der Waals surface area contributed by atoms with Crippen molar-refractivity contribution in [2.45, 2.75) is 19.3 Å². The SMILES string of the molecule is O=C(O)c1ccc2nc3c(c(=O)n2c1)CCC/C3=C/c1ccc(Cl)c(Cl)c1. The van der Waals surface area contributed by atoms with Crippen molar-refractivity contribution in [1.29, 1.82) is 0 Å². The van der Waals surface area contributed by atoms with Gasteiger partial charge in [0, 0.05) is 11.8 Å². The fraction of sp³-hybridized carbons (Fsp3) is 0.150. The Bertz CT molecular complexity index is 1180. The Morgan fingerprint density at radius 1 is 1.15 bits per heavy atom. The van der Waals surface area contributed by atoms with Crippen molar-refractivity contribution < 1.29 is 9.90 Å². The van der Waals surface area contributed by atoms with Gasteiger partial charge in [0.2, 0.25) is 0 Å². The van der Waals surface area contributed by atoms with E-state index in [0.29, 0.717) is 33.4 Å². The third-order valence-corrected chi connectivity index (χ3v) is 5.36. The van der Waals surface area contributed by atoms with Crippen LogP contribution in [0.2, 0.25) is 10.0 Å². The first-order valence-corrected chi connectivity index (χ1v) is 9.14. The Hall–Kier alpha value is -2.63. The molecule has 1 aliphatic carbocycles. The molecular weight excluding hydrogens is 387 g/mol. The Balaban J connectivity index is 1.89. The predicted molar refractivity (Wildman–Crippen MR) is 106 cm³/mol. The molecule has 2 aromatic heterocycles. The maximum atomic E-state index is 12.9. The monoisotopic (exact) mass is 400 g/mol. The highest BCUT2D eigenvalue weighted by Gasteiger charge is 2.21. The lowest BCUT2D eigenvalue weighted by Crippen LogP contribution is -2.25. The summed E-state index contributed by atoms with van der Waals surface area (Å²) in [5.74, 6) is -1.08. The molecule has 0 unspecified atom stereocenters. The molecule has 3 aromatic rings. The fourth-order valence-corrected chi connectivity index (χ4v) is 3.62. The second-order valence-electron chi connectivity index (χ2n) is 6.39. The molecular formula is C20H14Cl2N2O3. The van der Waals surface area contributed by atoms with Crippen molar-refractivity contribution in [2.24, 2.45) is 0 Å². The lowest BCUT2D eigenvalue weighted by Gasteiger charge is -2.18. The van der Waals surface area contributed by atoms with Crippen molar-refractivity contribution >= 4 is 46.5 Å². The second kappa shape index (κ2) is 6.83. The first kappa shape index (κ1) is 17.8. The Labute approximate surface area is 164 Å². The minimum atomic E-state index is -1.08. The highest BCUT2D eigenvalue weighted by Crippen LogP contribution is 2.31. The smallest absolute Gasteiger partial charge is 0.337 e. The van der Waals surface area contributed by atoms with E-state index < -0.39 is 5.97 Å². The molecule has 0 fully saturated rings. The van der Waals surface area contributed by atoms with E-state index in [9.17, 15) is 9.59 Å². The summed E-state index contributed by atoms with van der Waals surface area (Å²) < 4.78 is 1.31. The van der Waals surface area contributed by atoms with Crippen LogP contribution in [-0.4, -0.2) is 20.5 Å². The van der Waals surface area contributed by atoms with Crippen molar-refractivity contribution in [2.75, 3.05) is 0 Å². The third-order valence-electron chi connectivity index (χ3n) is 4.62. The molecule has 0 radical (unpaired) electrons. The largest absolute Gasteiger partial charge is 0.478 e. The number of nitrogens with zero attached hydrogens (tertiary/aromatic N) is 2. The van der Waals surface area contributed by atoms with Crippen molar-refractivity contribution in [3.05, 3.63) is 79.3 Å². The summed E-state index contributed by atoms with van der Waals surface area (Å²) in [7, 11) is 0. The standard InChI is InChI=1S/C20H14Cl2N2O3/c21-15-6-4-11(9-16(15)22)8-12-2-1-3-14-18(12)23-17-7-5-13(20(26)27)10-24(17)19(14)25/h4-10H,1-3H2,(H,26,27)/b12-8-. The molecule has 1 aromatic carbocycles. The van der Waals surface area contributed by atoms with Crippen LogP contribution in [0.3, 0.4) is 0 Å². The number of hydrogen-bond donors (Lipinski definition) is 1. The van der Waals surface area contributed by atoms with E-state index in [1.165, 1.54) is 16.7 Å². The van der Waals surface area contributed by atoms with Crippen LogP contribution in [0.5, 0.6) is 0 Å². The van der Waals surface area contributed by atoms with Gasteiger partial charge in [0.25, 0.3) is 5.56 Å². The van der Waals surface area contributed by atoms with Gasteiger partial charge in [-0.1, -0.05) is 29.3 Å². The van der Waals surface area contributed by atoms with Gasteiger partial charge in [0.05, 0.1) is 21.3 Å². The van der Waals surface area contributed by atoms with Crippen molar-refractivity contribution in [3.8, 4) is 0 Å². The summed E-state index contributed by atoms with van der Waals surface area (Å²) in [6.45, 7) is 0. The molecule has 0 saturated heterocycles. The number of rotatable bonds is 2. The number of carboxylic acid groups (broad SMARTS) is 1. The molecule has 4 rings (SSSR count). The van der Waals surface area contributed by atoms with E-state index in [2.05, 4.69) is 4.98 Å². The fourth-order valence-electron chi connectivity index (χ4n) is 3.31. The van der Waals surface area contributed by atoms with Crippen LogP contribution in [0.4, 0.5) is 0 Å². The molecule has 0 bridgehead atoms. The number of carbonyl (C=O) groups is 1. The number of allylic oxidation sites excluding steroid dienone is 1. The molecule has 0 aliphatic heterocycles. The molecule has 1 aliphatic rings. The summed E-state index contributed by atoms with van der Waals surface area (Å²) in [4.78, 5) is 28.7. The van der Waals surface area contributed by atoms with Gasteiger partial charge in [-0.15, -0.1) is 0 Å². The van der Waals surface area contributed by atoms with Crippen LogP contribution in [-0.2, 0) is 6.42 Å². The molecule has 2 heterocycles. The number of carboxylic acids is 1. The Morgan fingerprint density at radius 3 is 2.70 bits per heavy atom. The van der Waals surface area contributed by atoms with Gasteiger partial charge < -0.3 is 5.11 Å². The molecule has 7 heteroatoms. The number of aromatic carboxylic acids is 1. The van der Waals surface area contributed by atoms with Gasteiger partial charge in [0.15, 0.2) is 0 Å². The van der Waals surface area contributed by atoms with Crippen LogP contribution < -0.4 is 5.56 Å². The molecule has 0 spiro atoms. The predicted octanol–water partition coefficient (Wildman–Crippen LogP) is 4.58. The second-order valence-corrected chi connectivity index (χ2v) is 7.21. The zero-order valence-electron chi connectivity index (χ0n) is 14.1. The Morgan fingerprint density at radius 2 is 1.96 bits per heavy atom. The zero-order chi connectivity index (χ0) is 19.1. The molecule has 1 N–H and O–H groups in total. The van der Waals surface area contributed by atoms with E-state index in [1.54, 1.807) is 18.2 Å². The van der Waals surface area contributed by atoms with Crippen LogP contribution in [0, 0.1) is 0 Å². The molecule has 27 heavy (non-hydrogen) atoms. The Kier molecular flexibility index (Phi) is 4.50. The lowest BCUT2D eigenvalue weighted by molar-refractivity contribution is 0.0696. The number of fused-ring (bicyclic) bond motifs is 2. The van der Waals surface area contributed by atoms with Crippen LogP contribution >= 0.6 is 23.2 Å². The minimum absolute atomic E-state index is 0.0498. The summed E-state index contributed by atoms with van der Waals surface area (Å²) in [5.41, 5.74) is 3.36. The van der Waals surface area contributed by atoms with Gasteiger partial charge >= 0.3 is 5.97 Å². The van der Waals surface area contributed by atoms with E-state index in [0.717, 1.165) is 24.0 Å². The highest BCUT2D eigenvalue weighted by atomic mass is 35.5. The quantitative estimate of drug-likeness (QED) is 0.683. The van der Waals surface area contributed by atoms with Gasteiger partial charge in [-0.2, -0.15) is 0 Å². The number of hydrogen-bond acceptors (Lipinski definition) is 3. The summed E-state index contributed by atoms with van der Waals surface area (Å²) in [6, 6.07) is 8.37. The maximum Gasteiger partial charge on any atom is 0.337 e. The summed E-state index contributed by atoms with van der Waals surface area (Å²) >= 11 is 12.1. The van der Waals surface area contributed by atoms with Gasteiger partial charge in [0.1, 0.15) is 5.65 Å². The molecule has 0 amide bonds. The summed E-state index contributed by atoms with van der Waals surface area (Å²) in [6.07, 6.45) is 5.52. The summed E-state index contributed by atoms with van der Waals surface area (Å²) in [5, 5.41) is 10.1. The zero-order valence-corrected chi connectivity index (χ0v) is 15.6. The average Bonchev–Trinajstić information content (AvgIpc) is 2.65. The topological polar surface area (TPSA) is 71.7 Å². The van der Waals surface area contributed by atoms with E-state index in [1.807, 2.05) is 12.1 Å². The third kappa shape index (κ3) is 3.24. The highest BCUT2D eigenvalue weighted by molar-refractivity contribution is 6.42. The van der Waals surface area contributed by atoms with Gasteiger partial charge in [-0.25, -0.2) is 9.78 Å². The normalized spacial score (nSPS) is 15.1. The number of halogens is 2. The lowest BCUT2D eigenvalue weighted by atomic mass is 9.91. The van der Waals surface area contributed by atoms with E-state index in [4.69, 9.17) is 28.3 Å². The maximum absolute atomic E-state index is 12.9.